The maximum absolute atomic E-state index is 12.8. The van der Waals surface area contributed by atoms with Crippen molar-refractivity contribution in [1.82, 2.24) is 0 Å². The lowest BCUT2D eigenvalue weighted by atomic mass is 10.0. The summed E-state index contributed by atoms with van der Waals surface area (Å²) < 4.78 is 0. The second-order valence-electron chi connectivity index (χ2n) is 5.29. The van der Waals surface area contributed by atoms with E-state index < -0.39 is 4.87 Å². The molecule has 1 saturated heterocycles. The first-order valence-corrected chi connectivity index (χ1v) is 8.60. The number of amides is 2. The number of hydrogen-bond acceptors (Lipinski definition) is 3. The van der Waals surface area contributed by atoms with Gasteiger partial charge in [0.1, 0.15) is 0 Å². The van der Waals surface area contributed by atoms with Gasteiger partial charge in [0.2, 0.25) is 10.8 Å². The lowest BCUT2D eigenvalue weighted by Gasteiger charge is -2.32. The molecular weight excluding hydrogens is 355 g/mol. The summed E-state index contributed by atoms with van der Waals surface area (Å²) in [6.45, 7) is 0. The molecule has 23 heavy (non-hydrogen) atoms. The molecule has 2 aromatic carbocycles. The summed E-state index contributed by atoms with van der Waals surface area (Å²) in [6.07, 6.45) is 0. The van der Waals surface area contributed by atoms with Crippen LogP contribution in [0.3, 0.4) is 0 Å². The van der Waals surface area contributed by atoms with E-state index in [9.17, 15) is 9.59 Å². The molecule has 0 saturated carbocycles. The van der Waals surface area contributed by atoms with Gasteiger partial charge in [-0.2, -0.15) is 0 Å². The van der Waals surface area contributed by atoms with E-state index in [0.717, 1.165) is 11.3 Å². The van der Waals surface area contributed by atoms with Gasteiger partial charge in [-0.05, 0) is 24.3 Å². The summed E-state index contributed by atoms with van der Waals surface area (Å²) >= 11 is 13.5. The minimum absolute atomic E-state index is 0.153. The van der Waals surface area contributed by atoms with Crippen molar-refractivity contribution in [2.24, 2.45) is 0 Å². The number of nitrogens with zero attached hydrogens (tertiary/aromatic N) is 1. The number of carbonyl (C=O) groups is 2. The van der Waals surface area contributed by atoms with Gasteiger partial charge in [-0.25, -0.2) is 0 Å². The largest absolute Gasteiger partial charge is 0.323 e. The zero-order valence-corrected chi connectivity index (χ0v) is 14.0. The van der Waals surface area contributed by atoms with Crippen molar-refractivity contribution in [3.8, 4) is 0 Å². The van der Waals surface area contributed by atoms with Crippen LogP contribution in [0.25, 0.3) is 0 Å². The Balaban J connectivity index is 1.95. The number of fused-ring (bicyclic) bond motifs is 2. The van der Waals surface area contributed by atoms with Crippen LogP contribution in [0, 0.1) is 0 Å². The molecule has 4 nitrogen and oxygen atoms in total. The number of anilines is 2. The molecule has 0 radical (unpaired) electrons. The average Bonchev–Trinajstić information content (AvgIpc) is 2.98. The van der Waals surface area contributed by atoms with Gasteiger partial charge in [0.15, 0.2) is 0 Å². The number of rotatable bonds is 1. The third kappa shape index (κ3) is 2.07. The molecule has 1 unspecified atom stereocenters. The third-order valence-corrected chi connectivity index (χ3v) is 5.76. The van der Waals surface area contributed by atoms with Gasteiger partial charge >= 0.3 is 0 Å². The number of nitrogens with one attached hydrogen (secondary N) is 1. The van der Waals surface area contributed by atoms with E-state index in [-0.39, 0.29) is 17.6 Å². The van der Waals surface area contributed by atoms with Gasteiger partial charge in [-0.1, -0.05) is 41.4 Å². The Morgan fingerprint density at radius 3 is 2.52 bits per heavy atom. The standard InChI is InChI=1S/C16H10Cl2N2O2S/c17-9-5-10(18)7-11(6-9)20-14(21)8-23-16(20)12-3-1-2-4-13(12)19-15(16)22/h1-7H,8H2,(H,19,22). The van der Waals surface area contributed by atoms with Gasteiger partial charge < -0.3 is 5.32 Å². The molecule has 4 rings (SSSR count). The van der Waals surface area contributed by atoms with Crippen LogP contribution in [0.2, 0.25) is 10.0 Å². The highest BCUT2D eigenvalue weighted by atomic mass is 35.5. The number of carbonyl (C=O) groups excluding carboxylic acids is 2. The predicted molar refractivity (Wildman–Crippen MR) is 93.2 cm³/mol. The van der Waals surface area contributed by atoms with Gasteiger partial charge in [-0.3, -0.25) is 14.5 Å². The van der Waals surface area contributed by atoms with Crippen molar-refractivity contribution in [2.45, 2.75) is 4.87 Å². The third-order valence-electron chi connectivity index (χ3n) is 3.92. The van der Waals surface area contributed by atoms with Crippen molar-refractivity contribution in [3.63, 3.8) is 0 Å². The highest BCUT2D eigenvalue weighted by Crippen LogP contribution is 2.53. The first kappa shape index (κ1) is 14.9. The lowest BCUT2D eigenvalue weighted by Crippen LogP contribution is -2.47. The molecule has 1 fully saturated rings. The molecule has 0 aromatic heterocycles. The van der Waals surface area contributed by atoms with Crippen LogP contribution in [0.4, 0.5) is 11.4 Å². The van der Waals surface area contributed by atoms with Gasteiger partial charge in [0, 0.05) is 27.0 Å². The number of benzene rings is 2. The number of halogens is 2. The summed E-state index contributed by atoms with van der Waals surface area (Å²) in [4.78, 5) is 25.7. The van der Waals surface area contributed by atoms with E-state index in [2.05, 4.69) is 5.32 Å². The van der Waals surface area contributed by atoms with Crippen LogP contribution < -0.4 is 10.2 Å². The molecule has 7 heteroatoms. The Hall–Kier alpha value is -1.69. The van der Waals surface area contributed by atoms with Crippen molar-refractivity contribution in [2.75, 3.05) is 16.0 Å². The minimum atomic E-state index is -1.11. The van der Waals surface area contributed by atoms with Gasteiger partial charge in [-0.15, -0.1) is 11.8 Å². The smallest absolute Gasteiger partial charge is 0.266 e. The van der Waals surface area contributed by atoms with Crippen molar-refractivity contribution in [1.29, 1.82) is 0 Å². The van der Waals surface area contributed by atoms with E-state index in [1.165, 1.54) is 16.7 Å². The van der Waals surface area contributed by atoms with Crippen LogP contribution in [0.15, 0.2) is 42.5 Å². The van der Waals surface area contributed by atoms with E-state index in [4.69, 9.17) is 23.2 Å². The minimum Gasteiger partial charge on any atom is -0.323 e. The number of hydrogen-bond donors (Lipinski definition) is 1. The normalized spacial score (nSPS) is 22.6. The van der Waals surface area contributed by atoms with Crippen molar-refractivity contribution < 1.29 is 9.59 Å². The second-order valence-corrected chi connectivity index (χ2v) is 7.33. The summed E-state index contributed by atoms with van der Waals surface area (Å²) in [5, 5.41) is 3.69. The van der Waals surface area contributed by atoms with Gasteiger partial charge in [0.05, 0.1) is 5.75 Å². The molecule has 2 aliphatic rings. The highest BCUT2D eigenvalue weighted by Gasteiger charge is 2.58. The second kappa shape index (κ2) is 5.16. The van der Waals surface area contributed by atoms with Gasteiger partial charge in [0.25, 0.3) is 5.91 Å². The highest BCUT2D eigenvalue weighted by molar-refractivity contribution is 8.02. The number of para-hydroxylation sites is 1. The van der Waals surface area contributed by atoms with Crippen LogP contribution in [-0.2, 0) is 14.5 Å². The first-order valence-electron chi connectivity index (χ1n) is 6.86. The summed E-state index contributed by atoms with van der Waals surface area (Å²) in [7, 11) is 0. The lowest BCUT2D eigenvalue weighted by molar-refractivity contribution is -0.122. The molecule has 1 spiro atoms. The molecule has 0 bridgehead atoms. The van der Waals surface area contributed by atoms with E-state index in [1.807, 2.05) is 24.3 Å². The zero-order valence-electron chi connectivity index (χ0n) is 11.7. The van der Waals surface area contributed by atoms with Crippen LogP contribution in [-0.4, -0.2) is 17.6 Å². The average molecular weight is 365 g/mol. The summed E-state index contributed by atoms with van der Waals surface area (Å²) in [5.74, 6) is -0.169. The quantitative estimate of drug-likeness (QED) is 0.835. The fourth-order valence-electron chi connectivity index (χ4n) is 3.05. The summed E-state index contributed by atoms with van der Waals surface area (Å²) in [5.41, 5.74) is 2.01. The molecule has 2 aromatic rings. The Kier molecular flexibility index (Phi) is 3.34. The van der Waals surface area contributed by atoms with E-state index in [1.54, 1.807) is 18.2 Å². The molecule has 1 N–H and O–H groups in total. The maximum Gasteiger partial charge on any atom is 0.266 e. The molecule has 2 aliphatic heterocycles. The molecule has 2 heterocycles. The Morgan fingerprint density at radius 1 is 1.09 bits per heavy atom. The molecule has 2 amide bonds. The predicted octanol–water partition coefficient (Wildman–Crippen LogP) is 3.88. The molecule has 1 atom stereocenters. The fourth-order valence-corrected chi connectivity index (χ4v) is 4.88. The first-order chi connectivity index (χ1) is 11.0. The van der Waals surface area contributed by atoms with E-state index in [0.29, 0.717) is 15.7 Å². The van der Waals surface area contributed by atoms with Crippen LogP contribution >= 0.6 is 35.0 Å². The van der Waals surface area contributed by atoms with Crippen molar-refractivity contribution >= 4 is 58.2 Å². The zero-order chi connectivity index (χ0) is 16.2. The summed E-state index contributed by atoms with van der Waals surface area (Å²) in [6, 6.07) is 12.3. The number of thioether (sulfide) groups is 1. The Labute approximate surface area is 146 Å². The Morgan fingerprint density at radius 2 is 1.78 bits per heavy atom. The van der Waals surface area contributed by atoms with E-state index >= 15 is 0 Å². The SMILES string of the molecule is O=C1CSC2(C(=O)Nc3ccccc32)N1c1cc(Cl)cc(Cl)c1. The van der Waals surface area contributed by atoms with Crippen LogP contribution in [0.5, 0.6) is 0 Å². The molecule has 116 valence electrons. The molecular formula is C16H10Cl2N2O2S. The maximum atomic E-state index is 12.8. The van der Waals surface area contributed by atoms with Crippen LogP contribution in [0.1, 0.15) is 5.56 Å². The fraction of sp³-hybridized carbons (Fsp3) is 0.125. The van der Waals surface area contributed by atoms with Crippen molar-refractivity contribution in [3.05, 3.63) is 58.1 Å². The molecule has 0 aliphatic carbocycles. The monoisotopic (exact) mass is 364 g/mol. The Bertz CT molecular complexity index is 837. The topological polar surface area (TPSA) is 49.4 Å².